The quantitative estimate of drug-likeness (QED) is 0.847. The van der Waals surface area contributed by atoms with Crippen molar-refractivity contribution in [3.8, 4) is 0 Å². The molecule has 2 rings (SSSR count). The highest BCUT2D eigenvalue weighted by atomic mass is 16.2. The summed E-state index contributed by atoms with van der Waals surface area (Å²) in [5, 5.41) is 3.08. The normalized spacial score (nSPS) is 15.4. The van der Waals surface area contributed by atoms with Gasteiger partial charge in [-0.1, -0.05) is 31.4 Å². The summed E-state index contributed by atoms with van der Waals surface area (Å²) in [5.41, 5.74) is 6.39. The van der Waals surface area contributed by atoms with E-state index in [1.54, 1.807) is 18.2 Å². The van der Waals surface area contributed by atoms with Crippen molar-refractivity contribution in [3.63, 3.8) is 0 Å². The van der Waals surface area contributed by atoms with Crippen LogP contribution in [0, 0.1) is 0 Å². The van der Waals surface area contributed by atoms with Gasteiger partial charge in [0.1, 0.15) is 0 Å². The lowest BCUT2D eigenvalue weighted by Crippen LogP contribution is -2.48. The number of benzene rings is 1. The Morgan fingerprint density at radius 1 is 1.22 bits per heavy atom. The summed E-state index contributed by atoms with van der Waals surface area (Å²) in [6.07, 6.45) is 5.82. The first kappa shape index (κ1) is 17.3. The number of hydrogen-bond donors (Lipinski definition) is 2. The number of primary amides is 1. The summed E-state index contributed by atoms with van der Waals surface area (Å²) >= 11 is 0. The molecular formula is C18H27N3O2. The van der Waals surface area contributed by atoms with Crippen LogP contribution in [0.3, 0.4) is 0 Å². The van der Waals surface area contributed by atoms with Crippen molar-refractivity contribution >= 4 is 17.5 Å². The summed E-state index contributed by atoms with van der Waals surface area (Å²) in [6, 6.07) is 7.53. The number of rotatable bonds is 6. The lowest BCUT2D eigenvalue weighted by molar-refractivity contribution is -0.134. The van der Waals surface area contributed by atoms with E-state index in [-0.39, 0.29) is 18.5 Å². The molecule has 1 aromatic rings. The lowest BCUT2D eigenvalue weighted by atomic mass is 9.93. The zero-order valence-corrected chi connectivity index (χ0v) is 14.0. The first-order valence-electron chi connectivity index (χ1n) is 8.44. The first-order valence-corrected chi connectivity index (χ1v) is 8.44. The van der Waals surface area contributed by atoms with E-state index in [0.717, 1.165) is 12.8 Å². The predicted octanol–water partition coefficient (Wildman–Crippen LogP) is 2.77. The molecule has 1 saturated carbocycles. The second kappa shape index (κ2) is 7.99. The number of nitrogens with zero attached hydrogens (tertiary/aromatic N) is 1. The number of carbonyl (C=O) groups excluding carboxylic acids is 2. The van der Waals surface area contributed by atoms with Crippen molar-refractivity contribution in [1.29, 1.82) is 0 Å². The Hall–Kier alpha value is -2.04. The van der Waals surface area contributed by atoms with Gasteiger partial charge in [0.15, 0.2) is 0 Å². The van der Waals surface area contributed by atoms with E-state index < -0.39 is 5.91 Å². The van der Waals surface area contributed by atoms with Crippen LogP contribution in [0.2, 0.25) is 0 Å². The molecule has 3 N–H and O–H groups in total. The highest BCUT2D eigenvalue weighted by molar-refractivity contribution is 5.99. The molecule has 23 heavy (non-hydrogen) atoms. The minimum Gasteiger partial charge on any atom is -0.376 e. The largest absolute Gasteiger partial charge is 0.376 e. The van der Waals surface area contributed by atoms with Crippen LogP contribution < -0.4 is 11.1 Å². The molecule has 0 aromatic heterocycles. The third-order valence-corrected chi connectivity index (χ3v) is 4.44. The molecule has 2 amide bonds. The van der Waals surface area contributed by atoms with E-state index >= 15 is 0 Å². The Morgan fingerprint density at radius 2 is 1.87 bits per heavy atom. The molecule has 0 bridgehead atoms. The smallest absolute Gasteiger partial charge is 0.250 e. The number of anilines is 1. The van der Waals surface area contributed by atoms with Crippen LogP contribution in [-0.4, -0.2) is 35.3 Å². The number of amides is 2. The monoisotopic (exact) mass is 317 g/mol. The van der Waals surface area contributed by atoms with Gasteiger partial charge in [0.25, 0.3) is 5.91 Å². The molecule has 0 saturated heterocycles. The van der Waals surface area contributed by atoms with Crippen LogP contribution in [0.15, 0.2) is 24.3 Å². The van der Waals surface area contributed by atoms with Crippen molar-refractivity contribution in [3.05, 3.63) is 29.8 Å². The van der Waals surface area contributed by atoms with E-state index in [1.807, 2.05) is 11.0 Å². The fraction of sp³-hybridized carbons (Fsp3) is 0.556. The molecule has 1 aromatic carbocycles. The molecule has 1 fully saturated rings. The van der Waals surface area contributed by atoms with Gasteiger partial charge in [0, 0.05) is 17.8 Å². The van der Waals surface area contributed by atoms with Crippen molar-refractivity contribution in [2.24, 2.45) is 5.73 Å². The van der Waals surface area contributed by atoms with E-state index in [4.69, 9.17) is 5.73 Å². The zero-order valence-electron chi connectivity index (χ0n) is 14.0. The van der Waals surface area contributed by atoms with E-state index in [9.17, 15) is 9.59 Å². The molecule has 5 nitrogen and oxygen atoms in total. The van der Waals surface area contributed by atoms with Gasteiger partial charge >= 0.3 is 0 Å². The van der Waals surface area contributed by atoms with Gasteiger partial charge in [-0.15, -0.1) is 0 Å². The van der Waals surface area contributed by atoms with E-state index in [0.29, 0.717) is 17.3 Å². The first-order chi connectivity index (χ1) is 11.0. The molecule has 126 valence electrons. The summed E-state index contributed by atoms with van der Waals surface area (Å²) in [6.45, 7) is 4.30. The highest BCUT2D eigenvalue weighted by Crippen LogP contribution is 2.24. The van der Waals surface area contributed by atoms with Gasteiger partial charge in [-0.05, 0) is 38.8 Å². The fourth-order valence-corrected chi connectivity index (χ4v) is 3.39. The minimum absolute atomic E-state index is 0.0752. The molecule has 0 radical (unpaired) electrons. The summed E-state index contributed by atoms with van der Waals surface area (Å²) in [4.78, 5) is 26.1. The Morgan fingerprint density at radius 3 is 2.48 bits per heavy atom. The molecule has 0 spiro atoms. The van der Waals surface area contributed by atoms with Crippen LogP contribution in [-0.2, 0) is 4.79 Å². The average molecular weight is 317 g/mol. The predicted molar refractivity (Wildman–Crippen MR) is 92.3 cm³/mol. The van der Waals surface area contributed by atoms with Gasteiger partial charge < -0.3 is 16.0 Å². The van der Waals surface area contributed by atoms with Crippen molar-refractivity contribution in [1.82, 2.24) is 4.90 Å². The van der Waals surface area contributed by atoms with Crippen molar-refractivity contribution < 1.29 is 9.59 Å². The van der Waals surface area contributed by atoms with Gasteiger partial charge in [-0.2, -0.15) is 0 Å². The van der Waals surface area contributed by atoms with Crippen molar-refractivity contribution in [2.45, 2.75) is 58.0 Å². The molecule has 5 heteroatoms. The van der Waals surface area contributed by atoms with Crippen LogP contribution in [0.25, 0.3) is 0 Å². The number of nitrogens with one attached hydrogen (secondary N) is 1. The Kier molecular flexibility index (Phi) is 6.02. The van der Waals surface area contributed by atoms with E-state index in [1.165, 1.54) is 19.3 Å². The second-order valence-electron chi connectivity index (χ2n) is 6.45. The molecule has 0 unspecified atom stereocenters. The molecular weight excluding hydrogens is 290 g/mol. The number of hydrogen-bond acceptors (Lipinski definition) is 3. The zero-order chi connectivity index (χ0) is 16.8. The van der Waals surface area contributed by atoms with Gasteiger partial charge in [0.05, 0.1) is 12.1 Å². The number of para-hydroxylation sites is 1. The third kappa shape index (κ3) is 4.47. The van der Waals surface area contributed by atoms with Gasteiger partial charge in [-0.3, -0.25) is 9.59 Å². The highest BCUT2D eigenvalue weighted by Gasteiger charge is 2.27. The van der Waals surface area contributed by atoms with E-state index in [2.05, 4.69) is 19.2 Å². The lowest BCUT2D eigenvalue weighted by Gasteiger charge is -2.37. The van der Waals surface area contributed by atoms with Crippen LogP contribution in [0.4, 0.5) is 5.69 Å². The maximum Gasteiger partial charge on any atom is 0.250 e. The van der Waals surface area contributed by atoms with Crippen LogP contribution >= 0.6 is 0 Å². The summed E-state index contributed by atoms with van der Waals surface area (Å²) in [5.74, 6) is -0.417. The maximum atomic E-state index is 12.7. The van der Waals surface area contributed by atoms with Gasteiger partial charge in [-0.25, -0.2) is 0 Å². The molecule has 0 atom stereocenters. The molecule has 0 aliphatic heterocycles. The van der Waals surface area contributed by atoms with Crippen molar-refractivity contribution in [2.75, 3.05) is 11.9 Å². The van der Waals surface area contributed by atoms with Crippen LogP contribution in [0.5, 0.6) is 0 Å². The number of nitrogens with two attached hydrogens (primary N) is 1. The van der Waals surface area contributed by atoms with Gasteiger partial charge in [0.2, 0.25) is 5.91 Å². The second-order valence-corrected chi connectivity index (χ2v) is 6.45. The standard InChI is InChI=1S/C18H27N3O2/c1-13(2)21(14-8-4-3-5-9-14)17(22)12-20-16-11-7-6-10-15(16)18(19)23/h6-7,10-11,13-14,20H,3-5,8-9,12H2,1-2H3,(H2,19,23). The molecule has 1 aliphatic rings. The number of carbonyl (C=O) groups is 2. The third-order valence-electron chi connectivity index (χ3n) is 4.44. The molecule has 1 aliphatic carbocycles. The summed E-state index contributed by atoms with van der Waals surface area (Å²) < 4.78 is 0. The minimum atomic E-state index is -0.492. The average Bonchev–Trinajstić information content (AvgIpc) is 2.54. The SMILES string of the molecule is CC(C)N(C(=O)CNc1ccccc1C(N)=O)C1CCCCC1. The molecule has 0 heterocycles. The Labute approximate surface area is 138 Å². The maximum absolute atomic E-state index is 12.7. The topological polar surface area (TPSA) is 75.4 Å². The van der Waals surface area contributed by atoms with Crippen LogP contribution in [0.1, 0.15) is 56.3 Å². The Balaban J connectivity index is 2.03. The summed E-state index contributed by atoms with van der Waals surface area (Å²) in [7, 11) is 0. The fourth-order valence-electron chi connectivity index (χ4n) is 3.39. The Bertz CT molecular complexity index is 551.